The van der Waals surface area contributed by atoms with Crippen LogP contribution >= 0.6 is 11.6 Å². The first kappa shape index (κ1) is 24.5. The summed E-state index contributed by atoms with van der Waals surface area (Å²) in [5.41, 5.74) is 0.648. The molecule has 0 spiro atoms. The Bertz CT molecular complexity index is 1190. The number of halogens is 2. The average Bonchev–Trinajstić information content (AvgIpc) is 2.83. The fourth-order valence-electron chi connectivity index (χ4n) is 2.73. The molecule has 0 saturated carbocycles. The number of amides is 2. The monoisotopic (exact) mass is 486 g/mol. The van der Waals surface area contributed by atoms with E-state index in [1.807, 2.05) is 0 Å². The molecule has 0 aliphatic heterocycles. The van der Waals surface area contributed by atoms with Gasteiger partial charge in [0.05, 0.1) is 18.4 Å². The van der Waals surface area contributed by atoms with Gasteiger partial charge in [-0.05, 0) is 54.6 Å². The maximum Gasteiger partial charge on any atom is 0.338 e. The van der Waals surface area contributed by atoms with E-state index in [1.54, 1.807) is 24.3 Å². The molecule has 2 N–H and O–H groups in total. The number of methoxy groups -OCH3 is 1. The first-order chi connectivity index (χ1) is 16.3. The number of ether oxygens (including phenoxy) is 3. The normalized spacial score (nSPS) is 10.2. The van der Waals surface area contributed by atoms with Crippen molar-refractivity contribution in [2.24, 2.45) is 0 Å². The summed E-state index contributed by atoms with van der Waals surface area (Å²) >= 11 is 5.66. The van der Waals surface area contributed by atoms with Crippen LogP contribution in [0.25, 0.3) is 0 Å². The Morgan fingerprint density at radius 3 is 2.32 bits per heavy atom. The topological polar surface area (TPSA) is 103 Å². The van der Waals surface area contributed by atoms with Gasteiger partial charge in [-0.1, -0.05) is 17.7 Å². The maximum absolute atomic E-state index is 13.7. The lowest BCUT2D eigenvalue weighted by Crippen LogP contribution is -2.21. The number of benzene rings is 3. The summed E-state index contributed by atoms with van der Waals surface area (Å²) in [7, 11) is 1.53. The van der Waals surface area contributed by atoms with Gasteiger partial charge >= 0.3 is 5.97 Å². The standard InChI is InChI=1S/C24H20ClFN2O6/c1-32-19-4-2-3-17(12-19)27-22(29)13-33-18-8-5-15(6-9-18)24(31)34-14-23(30)28-21-10-7-16(25)11-20(21)26/h2-12H,13-14H2,1H3,(H,27,29)(H,28,30). The summed E-state index contributed by atoms with van der Waals surface area (Å²) in [6, 6.07) is 16.5. The molecule has 0 radical (unpaired) electrons. The molecule has 176 valence electrons. The van der Waals surface area contributed by atoms with Crippen LogP contribution in [0, 0.1) is 5.82 Å². The number of carbonyl (C=O) groups is 3. The first-order valence-electron chi connectivity index (χ1n) is 9.93. The highest BCUT2D eigenvalue weighted by Crippen LogP contribution is 2.19. The van der Waals surface area contributed by atoms with Crippen molar-refractivity contribution in [3.63, 3.8) is 0 Å². The highest BCUT2D eigenvalue weighted by Gasteiger charge is 2.13. The summed E-state index contributed by atoms with van der Waals surface area (Å²) in [4.78, 5) is 36.1. The lowest BCUT2D eigenvalue weighted by atomic mass is 10.2. The first-order valence-corrected chi connectivity index (χ1v) is 10.3. The molecule has 8 nitrogen and oxygen atoms in total. The van der Waals surface area contributed by atoms with E-state index in [0.717, 1.165) is 6.07 Å². The summed E-state index contributed by atoms with van der Waals surface area (Å²) in [6.45, 7) is -0.855. The Morgan fingerprint density at radius 1 is 0.882 bits per heavy atom. The molecule has 0 fully saturated rings. The second kappa shape index (κ2) is 11.7. The number of esters is 1. The molecule has 0 aromatic heterocycles. The Labute approximate surface area is 199 Å². The zero-order valence-electron chi connectivity index (χ0n) is 18.0. The lowest BCUT2D eigenvalue weighted by Gasteiger charge is -2.09. The zero-order chi connectivity index (χ0) is 24.5. The lowest BCUT2D eigenvalue weighted by molar-refractivity contribution is -0.119. The van der Waals surface area contributed by atoms with Crippen LogP contribution in [0.2, 0.25) is 5.02 Å². The smallest absolute Gasteiger partial charge is 0.338 e. The molecule has 34 heavy (non-hydrogen) atoms. The predicted molar refractivity (Wildman–Crippen MR) is 124 cm³/mol. The quantitative estimate of drug-likeness (QED) is 0.437. The van der Waals surface area contributed by atoms with Crippen molar-refractivity contribution in [2.45, 2.75) is 0 Å². The van der Waals surface area contributed by atoms with E-state index in [1.165, 1.54) is 43.5 Å². The Hall–Kier alpha value is -4.11. The van der Waals surface area contributed by atoms with Gasteiger partial charge in [0.15, 0.2) is 13.2 Å². The molecule has 10 heteroatoms. The van der Waals surface area contributed by atoms with Crippen LogP contribution in [0.5, 0.6) is 11.5 Å². The minimum absolute atomic E-state index is 0.0811. The van der Waals surface area contributed by atoms with E-state index in [-0.39, 0.29) is 28.8 Å². The van der Waals surface area contributed by atoms with E-state index < -0.39 is 24.3 Å². The van der Waals surface area contributed by atoms with Gasteiger partial charge in [0.1, 0.15) is 17.3 Å². The number of nitrogens with one attached hydrogen (secondary N) is 2. The molecule has 0 unspecified atom stereocenters. The molecule has 0 atom stereocenters. The van der Waals surface area contributed by atoms with Crippen LogP contribution < -0.4 is 20.1 Å². The van der Waals surface area contributed by atoms with Gasteiger partial charge in [0.2, 0.25) is 0 Å². The maximum atomic E-state index is 13.7. The van der Waals surface area contributed by atoms with Crippen molar-refractivity contribution >= 4 is 40.8 Å². The average molecular weight is 487 g/mol. The molecule has 0 aliphatic carbocycles. The molecule has 3 aromatic carbocycles. The number of hydrogen-bond acceptors (Lipinski definition) is 6. The molecule has 0 aliphatic rings. The Kier molecular flexibility index (Phi) is 8.42. The van der Waals surface area contributed by atoms with Gasteiger partial charge in [-0.3, -0.25) is 9.59 Å². The van der Waals surface area contributed by atoms with Gasteiger partial charge in [-0.25, -0.2) is 9.18 Å². The fraction of sp³-hybridized carbons (Fsp3) is 0.125. The molecule has 0 saturated heterocycles. The van der Waals surface area contributed by atoms with Crippen molar-refractivity contribution in [1.82, 2.24) is 0 Å². The summed E-state index contributed by atoms with van der Waals surface area (Å²) < 4.78 is 29.2. The molecule has 3 rings (SSSR count). The van der Waals surface area contributed by atoms with Crippen LogP contribution in [0.1, 0.15) is 10.4 Å². The fourth-order valence-corrected chi connectivity index (χ4v) is 2.88. The van der Waals surface area contributed by atoms with Crippen molar-refractivity contribution in [3.05, 3.63) is 83.1 Å². The minimum atomic E-state index is -0.756. The van der Waals surface area contributed by atoms with E-state index in [4.69, 9.17) is 25.8 Å². The van der Waals surface area contributed by atoms with Crippen LogP contribution in [-0.2, 0) is 14.3 Å². The summed E-state index contributed by atoms with van der Waals surface area (Å²) in [5.74, 6) is -1.59. The van der Waals surface area contributed by atoms with Crippen molar-refractivity contribution in [2.75, 3.05) is 31.0 Å². The van der Waals surface area contributed by atoms with Gasteiger partial charge in [0, 0.05) is 16.8 Å². The Balaban J connectivity index is 1.44. The number of carbonyl (C=O) groups excluding carboxylic acids is 3. The predicted octanol–water partition coefficient (Wildman–Crippen LogP) is 4.30. The van der Waals surface area contributed by atoms with E-state index >= 15 is 0 Å². The third kappa shape index (κ3) is 7.21. The van der Waals surface area contributed by atoms with Gasteiger partial charge in [-0.15, -0.1) is 0 Å². The molecule has 0 bridgehead atoms. The SMILES string of the molecule is COc1cccc(NC(=O)COc2ccc(C(=O)OCC(=O)Nc3ccc(Cl)cc3F)cc2)c1. The van der Waals surface area contributed by atoms with Gasteiger partial charge in [0.25, 0.3) is 11.8 Å². The van der Waals surface area contributed by atoms with Crippen LogP contribution in [0.3, 0.4) is 0 Å². The van der Waals surface area contributed by atoms with Crippen molar-refractivity contribution in [1.29, 1.82) is 0 Å². The molecular weight excluding hydrogens is 467 g/mol. The molecule has 3 aromatic rings. The van der Waals surface area contributed by atoms with Crippen LogP contribution in [0.4, 0.5) is 15.8 Å². The highest BCUT2D eigenvalue weighted by molar-refractivity contribution is 6.30. The molecule has 2 amide bonds. The third-order valence-corrected chi connectivity index (χ3v) is 4.59. The summed E-state index contributed by atoms with van der Waals surface area (Å²) in [6.07, 6.45) is 0. The largest absolute Gasteiger partial charge is 0.497 e. The van der Waals surface area contributed by atoms with Crippen LogP contribution in [0.15, 0.2) is 66.7 Å². The Morgan fingerprint density at radius 2 is 1.62 bits per heavy atom. The second-order valence-corrected chi connectivity index (χ2v) is 7.28. The minimum Gasteiger partial charge on any atom is -0.497 e. The number of anilines is 2. The van der Waals surface area contributed by atoms with E-state index in [0.29, 0.717) is 17.2 Å². The highest BCUT2D eigenvalue weighted by atomic mass is 35.5. The summed E-state index contributed by atoms with van der Waals surface area (Å²) in [5, 5.41) is 5.16. The number of hydrogen-bond donors (Lipinski definition) is 2. The molecular formula is C24H20ClFN2O6. The third-order valence-electron chi connectivity index (χ3n) is 4.35. The van der Waals surface area contributed by atoms with Crippen molar-refractivity contribution < 1.29 is 33.0 Å². The second-order valence-electron chi connectivity index (χ2n) is 6.84. The van der Waals surface area contributed by atoms with Crippen LogP contribution in [-0.4, -0.2) is 38.1 Å². The molecule has 0 heterocycles. The van der Waals surface area contributed by atoms with Gasteiger partial charge in [-0.2, -0.15) is 0 Å². The van der Waals surface area contributed by atoms with Crippen molar-refractivity contribution in [3.8, 4) is 11.5 Å². The zero-order valence-corrected chi connectivity index (χ0v) is 18.7. The van der Waals surface area contributed by atoms with E-state index in [9.17, 15) is 18.8 Å². The number of rotatable bonds is 9. The van der Waals surface area contributed by atoms with Gasteiger partial charge < -0.3 is 24.8 Å². The van der Waals surface area contributed by atoms with E-state index in [2.05, 4.69) is 10.6 Å².